The van der Waals surface area contributed by atoms with Crippen molar-refractivity contribution in [3.8, 4) is 11.1 Å². The van der Waals surface area contributed by atoms with E-state index >= 15 is 0 Å². The van der Waals surface area contributed by atoms with E-state index < -0.39 is 0 Å². The number of hydrogen-bond donors (Lipinski definition) is 1. The molecular weight excluding hydrogens is 370 g/mol. The Kier molecular flexibility index (Phi) is 4.55. The molecule has 3 heterocycles. The second-order valence-corrected chi connectivity index (χ2v) is 8.28. The van der Waals surface area contributed by atoms with Gasteiger partial charge in [0.25, 0.3) is 0 Å². The van der Waals surface area contributed by atoms with Crippen LogP contribution in [0.5, 0.6) is 0 Å². The molecule has 0 saturated carbocycles. The smallest absolute Gasteiger partial charge is 0.165 e. The second-order valence-electron chi connectivity index (χ2n) is 7.84. The molecular formula is C22H22ClN5. The van der Waals surface area contributed by atoms with Crippen LogP contribution in [0, 0.1) is 6.92 Å². The molecule has 0 radical (unpaired) electrons. The number of hydrogen-bond acceptors (Lipinski definition) is 4. The molecule has 4 aromatic rings. The molecule has 3 aromatic heterocycles. The molecule has 0 saturated heterocycles. The average Bonchev–Trinajstić information content (AvgIpc) is 2.99. The number of anilines is 2. The minimum absolute atomic E-state index is 0.105. The zero-order valence-electron chi connectivity index (χ0n) is 16.4. The van der Waals surface area contributed by atoms with Gasteiger partial charge in [-0.2, -0.15) is 9.61 Å². The van der Waals surface area contributed by atoms with Crippen LogP contribution in [0.1, 0.15) is 32.2 Å². The summed E-state index contributed by atoms with van der Waals surface area (Å²) >= 11 is 6.08. The van der Waals surface area contributed by atoms with Gasteiger partial charge < -0.3 is 5.32 Å². The van der Waals surface area contributed by atoms with Gasteiger partial charge >= 0.3 is 0 Å². The summed E-state index contributed by atoms with van der Waals surface area (Å²) in [6.45, 7) is 8.49. The van der Waals surface area contributed by atoms with E-state index in [0.717, 1.165) is 39.7 Å². The van der Waals surface area contributed by atoms with Crippen molar-refractivity contribution >= 4 is 28.8 Å². The lowest BCUT2D eigenvalue weighted by Gasteiger charge is -2.20. The number of halogens is 1. The van der Waals surface area contributed by atoms with Gasteiger partial charge in [0, 0.05) is 40.1 Å². The van der Waals surface area contributed by atoms with Crippen LogP contribution in [-0.2, 0) is 5.41 Å². The van der Waals surface area contributed by atoms with Gasteiger partial charge in [0.2, 0.25) is 0 Å². The zero-order valence-corrected chi connectivity index (χ0v) is 17.1. The van der Waals surface area contributed by atoms with Crippen LogP contribution in [0.2, 0.25) is 5.02 Å². The van der Waals surface area contributed by atoms with Crippen LogP contribution in [-0.4, -0.2) is 19.6 Å². The van der Waals surface area contributed by atoms with Gasteiger partial charge in [-0.3, -0.25) is 4.98 Å². The maximum Gasteiger partial charge on any atom is 0.165 e. The number of rotatable bonds is 3. The lowest BCUT2D eigenvalue weighted by molar-refractivity contribution is 0.569. The van der Waals surface area contributed by atoms with Crippen LogP contribution >= 0.6 is 11.6 Å². The van der Waals surface area contributed by atoms with Crippen molar-refractivity contribution in [3.05, 3.63) is 71.3 Å². The van der Waals surface area contributed by atoms with Gasteiger partial charge in [0.15, 0.2) is 5.65 Å². The van der Waals surface area contributed by atoms with Crippen LogP contribution < -0.4 is 5.32 Å². The summed E-state index contributed by atoms with van der Waals surface area (Å²) in [5, 5.41) is 8.94. The SMILES string of the molecule is Cc1nn2c(Nc3ccncc3)cc(C(C)(C)C)nc2c1-c1ccc(Cl)cc1. The van der Waals surface area contributed by atoms with E-state index in [2.05, 4.69) is 37.1 Å². The predicted octanol–water partition coefficient (Wildman–Crippen LogP) is 5.79. The zero-order chi connectivity index (χ0) is 19.9. The summed E-state index contributed by atoms with van der Waals surface area (Å²) in [6.07, 6.45) is 3.53. The maximum absolute atomic E-state index is 6.08. The molecule has 5 nitrogen and oxygen atoms in total. The summed E-state index contributed by atoms with van der Waals surface area (Å²) in [5.41, 5.74) is 5.63. The van der Waals surface area contributed by atoms with Crippen LogP contribution in [0.4, 0.5) is 11.5 Å². The Labute approximate surface area is 169 Å². The van der Waals surface area contributed by atoms with Crippen molar-refractivity contribution in [3.63, 3.8) is 0 Å². The number of nitrogens with zero attached hydrogens (tertiary/aromatic N) is 4. The van der Waals surface area contributed by atoms with Crippen LogP contribution in [0.3, 0.4) is 0 Å². The molecule has 0 amide bonds. The van der Waals surface area contributed by atoms with E-state index in [9.17, 15) is 0 Å². The molecule has 28 heavy (non-hydrogen) atoms. The molecule has 0 aliphatic heterocycles. The van der Waals surface area contributed by atoms with Gasteiger partial charge in [-0.05, 0) is 36.8 Å². The van der Waals surface area contributed by atoms with Gasteiger partial charge in [0.05, 0.1) is 11.4 Å². The van der Waals surface area contributed by atoms with E-state index in [-0.39, 0.29) is 5.41 Å². The molecule has 0 bridgehead atoms. The number of fused-ring (bicyclic) bond motifs is 1. The number of aromatic nitrogens is 4. The highest BCUT2D eigenvalue weighted by atomic mass is 35.5. The summed E-state index contributed by atoms with van der Waals surface area (Å²) in [7, 11) is 0. The summed E-state index contributed by atoms with van der Waals surface area (Å²) in [5.74, 6) is 0.865. The normalized spacial score (nSPS) is 11.8. The molecule has 0 atom stereocenters. The fourth-order valence-electron chi connectivity index (χ4n) is 3.13. The Morgan fingerprint density at radius 3 is 2.32 bits per heavy atom. The highest BCUT2D eigenvalue weighted by Crippen LogP contribution is 2.33. The first-order valence-electron chi connectivity index (χ1n) is 9.17. The summed E-state index contributed by atoms with van der Waals surface area (Å²) in [6, 6.07) is 13.7. The third kappa shape index (κ3) is 3.45. The quantitative estimate of drug-likeness (QED) is 0.480. The minimum atomic E-state index is -0.105. The van der Waals surface area contributed by atoms with E-state index in [4.69, 9.17) is 21.7 Å². The number of benzene rings is 1. The van der Waals surface area contributed by atoms with Crippen molar-refractivity contribution in [1.82, 2.24) is 19.6 Å². The molecule has 0 spiro atoms. The Bertz CT molecular complexity index is 1130. The Balaban J connectivity index is 1.96. The van der Waals surface area contributed by atoms with Crippen molar-refractivity contribution in [1.29, 1.82) is 0 Å². The van der Waals surface area contributed by atoms with E-state index in [1.54, 1.807) is 12.4 Å². The molecule has 6 heteroatoms. The van der Waals surface area contributed by atoms with Gasteiger partial charge in [-0.15, -0.1) is 0 Å². The first kappa shape index (κ1) is 18.4. The topological polar surface area (TPSA) is 55.1 Å². The fourth-order valence-corrected chi connectivity index (χ4v) is 3.26. The second kappa shape index (κ2) is 6.91. The van der Waals surface area contributed by atoms with E-state index in [0.29, 0.717) is 5.02 Å². The summed E-state index contributed by atoms with van der Waals surface area (Å²) < 4.78 is 1.87. The molecule has 0 fully saturated rings. The lowest BCUT2D eigenvalue weighted by Crippen LogP contribution is -2.16. The Morgan fingerprint density at radius 1 is 1.00 bits per heavy atom. The molecule has 4 rings (SSSR count). The summed E-state index contributed by atoms with van der Waals surface area (Å²) in [4.78, 5) is 9.07. The number of pyridine rings is 1. The minimum Gasteiger partial charge on any atom is -0.340 e. The van der Waals surface area contributed by atoms with Crippen molar-refractivity contribution in [2.75, 3.05) is 5.32 Å². The van der Waals surface area contributed by atoms with E-state index in [1.807, 2.05) is 47.8 Å². The Morgan fingerprint density at radius 2 is 1.68 bits per heavy atom. The Hall–Kier alpha value is -2.92. The highest BCUT2D eigenvalue weighted by Gasteiger charge is 2.22. The van der Waals surface area contributed by atoms with Crippen molar-refractivity contribution in [2.45, 2.75) is 33.1 Å². The molecule has 1 N–H and O–H groups in total. The first-order valence-corrected chi connectivity index (χ1v) is 9.54. The standard InChI is InChI=1S/C22H22ClN5/c1-14-20(15-5-7-16(23)8-6-15)21-26-18(22(2,3)4)13-19(28(21)27-14)25-17-9-11-24-12-10-17/h5-13H,1-4H3,(H,24,25). The highest BCUT2D eigenvalue weighted by molar-refractivity contribution is 6.30. The van der Waals surface area contributed by atoms with Crippen molar-refractivity contribution < 1.29 is 0 Å². The third-order valence-electron chi connectivity index (χ3n) is 4.62. The van der Waals surface area contributed by atoms with Gasteiger partial charge in [0.1, 0.15) is 5.82 Å². The number of aryl methyl sites for hydroxylation is 1. The van der Waals surface area contributed by atoms with E-state index in [1.165, 1.54) is 0 Å². The van der Waals surface area contributed by atoms with Crippen LogP contribution in [0.15, 0.2) is 54.9 Å². The monoisotopic (exact) mass is 391 g/mol. The number of nitrogens with one attached hydrogen (secondary N) is 1. The molecule has 1 aromatic carbocycles. The third-order valence-corrected chi connectivity index (χ3v) is 4.87. The average molecular weight is 392 g/mol. The van der Waals surface area contributed by atoms with Crippen LogP contribution in [0.25, 0.3) is 16.8 Å². The van der Waals surface area contributed by atoms with Crippen molar-refractivity contribution in [2.24, 2.45) is 0 Å². The lowest BCUT2D eigenvalue weighted by atomic mass is 9.92. The first-order chi connectivity index (χ1) is 13.3. The largest absolute Gasteiger partial charge is 0.340 e. The molecule has 0 aliphatic rings. The molecule has 142 valence electrons. The predicted molar refractivity (Wildman–Crippen MR) is 114 cm³/mol. The molecule has 0 unspecified atom stereocenters. The maximum atomic E-state index is 6.08. The molecule has 0 aliphatic carbocycles. The fraction of sp³-hybridized carbons (Fsp3) is 0.227. The van der Waals surface area contributed by atoms with Gasteiger partial charge in [-0.1, -0.05) is 44.5 Å². The van der Waals surface area contributed by atoms with Gasteiger partial charge in [-0.25, -0.2) is 4.98 Å².